The molecule has 4 aromatic heterocycles. The molecule has 4 heterocycles. The highest BCUT2D eigenvalue weighted by molar-refractivity contribution is 7.16. The minimum Gasteiger partial charge on any atom is -0.480 e. The molecule has 0 aliphatic rings. The summed E-state index contributed by atoms with van der Waals surface area (Å²) in [4.78, 5) is 30.4. The third kappa shape index (κ3) is 4.64. The monoisotopic (exact) mass is 541 g/mol. The van der Waals surface area contributed by atoms with Gasteiger partial charge in [-0.1, -0.05) is 37.3 Å². The van der Waals surface area contributed by atoms with Crippen LogP contribution in [-0.4, -0.2) is 41.4 Å². The lowest BCUT2D eigenvalue weighted by Gasteiger charge is -2.13. The number of halogens is 3. The van der Waals surface area contributed by atoms with Crippen LogP contribution in [0.15, 0.2) is 47.7 Å². The minimum absolute atomic E-state index is 0.0509. The zero-order valence-electron chi connectivity index (χ0n) is 20.8. The Bertz CT molecular complexity index is 1690. The molecule has 9 nitrogen and oxygen atoms in total. The molecule has 0 atom stereocenters. The van der Waals surface area contributed by atoms with Gasteiger partial charge in [-0.2, -0.15) is 18.3 Å². The fourth-order valence-electron chi connectivity index (χ4n) is 4.11. The fraction of sp³-hybridized carbons (Fsp3) is 0.280. The lowest BCUT2D eigenvalue weighted by molar-refractivity contribution is -0.141. The second kappa shape index (κ2) is 9.63. The number of rotatable bonds is 6. The summed E-state index contributed by atoms with van der Waals surface area (Å²) in [5, 5.41) is 3.68. The van der Waals surface area contributed by atoms with E-state index in [1.165, 1.54) is 22.7 Å². The number of alkyl halides is 3. The van der Waals surface area contributed by atoms with Crippen LogP contribution in [0.2, 0.25) is 0 Å². The van der Waals surface area contributed by atoms with Crippen molar-refractivity contribution in [3.8, 4) is 23.0 Å². The molecule has 0 aliphatic carbocycles. The number of thiazole rings is 1. The molecule has 0 spiro atoms. The average molecular weight is 542 g/mol. The van der Waals surface area contributed by atoms with Gasteiger partial charge in [0.1, 0.15) is 11.9 Å². The van der Waals surface area contributed by atoms with Gasteiger partial charge in [0, 0.05) is 5.69 Å². The van der Waals surface area contributed by atoms with E-state index in [4.69, 9.17) is 9.72 Å². The first-order chi connectivity index (χ1) is 18.1. The summed E-state index contributed by atoms with van der Waals surface area (Å²) >= 11 is 1.03. The van der Waals surface area contributed by atoms with Gasteiger partial charge in [-0.3, -0.25) is 9.36 Å². The number of aryl methyl sites for hydroxylation is 1. The van der Waals surface area contributed by atoms with Gasteiger partial charge in [0.05, 0.1) is 35.9 Å². The van der Waals surface area contributed by atoms with Crippen molar-refractivity contribution < 1.29 is 17.9 Å². The molecule has 0 saturated heterocycles. The maximum absolute atomic E-state index is 13.0. The average Bonchev–Trinajstić information content (AvgIpc) is 3.43. The highest BCUT2D eigenvalue weighted by Gasteiger charge is 2.34. The summed E-state index contributed by atoms with van der Waals surface area (Å²) in [5.74, 6) is 0.732. The SMILES string of the molecule is COc1ncnc(C(C)C)c1-c1ncc2sc(=O)n(Cc3ccc(-n4nc(C(F)(F)F)cc4C)cc3)c2n1. The van der Waals surface area contributed by atoms with Crippen LogP contribution in [0.4, 0.5) is 13.2 Å². The third-order valence-electron chi connectivity index (χ3n) is 5.91. The van der Waals surface area contributed by atoms with E-state index < -0.39 is 11.9 Å². The zero-order valence-corrected chi connectivity index (χ0v) is 21.6. The van der Waals surface area contributed by atoms with Crippen LogP contribution in [0.3, 0.4) is 0 Å². The summed E-state index contributed by atoms with van der Waals surface area (Å²) in [6.07, 6.45) is -1.50. The molecule has 0 saturated carbocycles. The lowest BCUT2D eigenvalue weighted by atomic mass is 10.0. The molecule has 5 rings (SSSR count). The summed E-state index contributed by atoms with van der Waals surface area (Å²) in [5.41, 5.74) is 2.38. The van der Waals surface area contributed by atoms with Crippen molar-refractivity contribution in [1.82, 2.24) is 34.3 Å². The van der Waals surface area contributed by atoms with E-state index in [1.807, 2.05) is 13.8 Å². The van der Waals surface area contributed by atoms with E-state index in [-0.39, 0.29) is 17.3 Å². The van der Waals surface area contributed by atoms with Gasteiger partial charge >= 0.3 is 11.0 Å². The van der Waals surface area contributed by atoms with Crippen LogP contribution in [-0.2, 0) is 12.7 Å². The van der Waals surface area contributed by atoms with Gasteiger partial charge in [-0.25, -0.2) is 24.6 Å². The summed E-state index contributed by atoms with van der Waals surface area (Å²) < 4.78 is 48.0. The Hall–Kier alpha value is -4.13. The zero-order chi connectivity index (χ0) is 27.2. The van der Waals surface area contributed by atoms with Crippen molar-refractivity contribution in [2.75, 3.05) is 7.11 Å². The van der Waals surface area contributed by atoms with Crippen molar-refractivity contribution in [2.45, 2.75) is 39.4 Å². The minimum atomic E-state index is -4.52. The first kappa shape index (κ1) is 25.5. The van der Waals surface area contributed by atoms with E-state index in [2.05, 4.69) is 20.1 Å². The maximum atomic E-state index is 13.0. The van der Waals surface area contributed by atoms with Gasteiger partial charge in [-0.15, -0.1) is 0 Å². The molecule has 196 valence electrons. The van der Waals surface area contributed by atoms with Gasteiger partial charge in [0.25, 0.3) is 0 Å². The lowest BCUT2D eigenvalue weighted by Crippen LogP contribution is -2.14. The molecule has 0 aliphatic heterocycles. The number of fused-ring (bicyclic) bond motifs is 1. The van der Waals surface area contributed by atoms with Crippen LogP contribution in [0.1, 0.15) is 42.4 Å². The van der Waals surface area contributed by atoms with Crippen LogP contribution in [0, 0.1) is 6.92 Å². The first-order valence-electron chi connectivity index (χ1n) is 11.6. The third-order valence-corrected chi connectivity index (χ3v) is 6.82. The normalized spacial score (nSPS) is 12.0. The maximum Gasteiger partial charge on any atom is 0.435 e. The molecule has 0 bridgehead atoms. The second-order valence-corrected chi connectivity index (χ2v) is 9.87. The van der Waals surface area contributed by atoms with Crippen molar-refractivity contribution in [1.29, 1.82) is 0 Å². The van der Waals surface area contributed by atoms with Crippen LogP contribution < -0.4 is 9.61 Å². The summed E-state index contributed by atoms with van der Waals surface area (Å²) in [7, 11) is 1.51. The van der Waals surface area contributed by atoms with Gasteiger partial charge in [0.2, 0.25) is 5.88 Å². The second-order valence-electron chi connectivity index (χ2n) is 8.88. The predicted octanol–water partition coefficient (Wildman–Crippen LogP) is 5.00. The van der Waals surface area contributed by atoms with Crippen molar-refractivity contribution in [3.63, 3.8) is 0 Å². The highest BCUT2D eigenvalue weighted by Crippen LogP contribution is 2.33. The molecular formula is C25H22F3N7O2S. The smallest absolute Gasteiger partial charge is 0.435 e. The molecule has 1 aromatic carbocycles. The summed E-state index contributed by atoms with van der Waals surface area (Å²) in [6, 6.07) is 7.81. The number of hydrogen-bond donors (Lipinski definition) is 0. The number of aromatic nitrogens is 7. The molecule has 5 aromatic rings. The van der Waals surface area contributed by atoms with E-state index in [9.17, 15) is 18.0 Å². The fourth-order valence-corrected chi connectivity index (χ4v) is 4.91. The Kier molecular flexibility index (Phi) is 6.47. The predicted molar refractivity (Wildman–Crippen MR) is 136 cm³/mol. The number of ether oxygens (including phenoxy) is 1. The van der Waals surface area contributed by atoms with Crippen LogP contribution >= 0.6 is 11.3 Å². The van der Waals surface area contributed by atoms with Crippen LogP contribution in [0.5, 0.6) is 5.88 Å². The van der Waals surface area contributed by atoms with E-state index in [0.717, 1.165) is 28.7 Å². The Morgan fingerprint density at radius 3 is 2.47 bits per heavy atom. The largest absolute Gasteiger partial charge is 0.480 e. The van der Waals surface area contributed by atoms with Gasteiger partial charge in [-0.05, 0) is 36.6 Å². The number of hydrogen-bond acceptors (Lipinski definition) is 8. The van der Waals surface area contributed by atoms with Gasteiger partial charge in [0.15, 0.2) is 17.2 Å². The number of nitrogens with zero attached hydrogens (tertiary/aromatic N) is 7. The van der Waals surface area contributed by atoms with E-state index >= 15 is 0 Å². The number of benzene rings is 1. The molecule has 0 radical (unpaired) electrons. The molecule has 0 fully saturated rings. The van der Waals surface area contributed by atoms with Crippen LogP contribution in [0.25, 0.3) is 27.4 Å². The molecule has 0 unspecified atom stereocenters. The quantitative estimate of drug-likeness (QED) is 0.298. The molecule has 0 N–H and O–H groups in total. The molecule has 13 heteroatoms. The molecule has 38 heavy (non-hydrogen) atoms. The Morgan fingerprint density at radius 2 is 1.84 bits per heavy atom. The van der Waals surface area contributed by atoms with Gasteiger partial charge < -0.3 is 4.74 Å². The first-order valence-corrected chi connectivity index (χ1v) is 12.4. The van der Waals surface area contributed by atoms with E-state index in [1.54, 1.807) is 37.4 Å². The highest BCUT2D eigenvalue weighted by atomic mass is 32.1. The van der Waals surface area contributed by atoms with E-state index in [0.29, 0.717) is 39.0 Å². The van der Waals surface area contributed by atoms with Crippen molar-refractivity contribution in [3.05, 3.63) is 75.2 Å². The molecule has 0 amide bonds. The topological polar surface area (TPSA) is 101 Å². The standard InChI is InChI=1S/C25H22F3N7O2S/c1-13(2)20-19(23(37-4)31-12-30-20)21-29-10-17-22(32-21)34(24(36)38-17)11-15-5-7-16(8-6-15)35-14(3)9-18(33-35)25(26,27)28/h5-10,12-13H,11H2,1-4H3. The Morgan fingerprint density at radius 1 is 1.11 bits per heavy atom. The molecular weight excluding hydrogens is 519 g/mol. The Labute approximate surface area is 218 Å². The number of methoxy groups -OCH3 is 1. The Balaban J connectivity index is 1.51. The van der Waals surface area contributed by atoms with Crippen molar-refractivity contribution in [2.24, 2.45) is 0 Å². The summed E-state index contributed by atoms with van der Waals surface area (Å²) in [6.45, 7) is 5.74. The van der Waals surface area contributed by atoms with Crippen molar-refractivity contribution >= 4 is 21.7 Å².